The summed E-state index contributed by atoms with van der Waals surface area (Å²) in [5, 5.41) is 0. The largest absolute Gasteiger partial charge is 0.347 e. The molecule has 4 heteroatoms. The highest BCUT2D eigenvalue weighted by Crippen LogP contribution is 2.16. The van der Waals surface area contributed by atoms with E-state index in [1.165, 1.54) is 0 Å². The average Bonchev–Trinajstić information content (AvgIpc) is 2.16. The summed E-state index contributed by atoms with van der Waals surface area (Å²) >= 11 is 0. The maximum Gasteiger partial charge on any atom is 0.224 e. The van der Waals surface area contributed by atoms with Gasteiger partial charge in [0.25, 0.3) is 0 Å². The van der Waals surface area contributed by atoms with Crippen molar-refractivity contribution in [2.24, 2.45) is 5.73 Å². The Balaban J connectivity index is 2.93. The molecule has 1 rings (SSSR count). The molecule has 0 saturated carbocycles. The Hall–Kier alpha value is -1.16. The number of rotatable bonds is 3. The van der Waals surface area contributed by atoms with E-state index in [4.69, 9.17) is 5.73 Å². The Morgan fingerprint density at radius 1 is 1.36 bits per heavy atom. The number of anilines is 1. The maximum atomic E-state index is 5.82. The van der Waals surface area contributed by atoms with Gasteiger partial charge < -0.3 is 10.6 Å². The van der Waals surface area contributed by atoms with Gasteiger partial charge in [0.1, 0.15) is 0 Å². The zero-order valence-corrected chi connectivity index (χ0v) is 9.23. The molecular weight excluding hydrogens is 176 g/mol. The monoisotopic (exact) mass is 194 g/mol. The van der Waals surface area contributed by atoms with Gasteiger partial charge in [-0.3, -0.25) is 0 Å². The third kappa shape index (κ3) is 2.42. The minimum absolute atomic E-state index is 0.111. The molecule has 14 heavy (non-hydrogen) atoms. The van der Waals surface area contributed by atoms with Crippen molar-refractivity contribution in [2.45, 2.75) is 25.8 Å². The van der Waals surface area contributed by atoms with Crippen LogP contribution in [0.1, 0.15) is 25.5 Å². The Kier molecular flexibility index (Phi) is 3.41. The van der Waals surface area contributed by atoms with E-state index in [2.05, 4.69) is 16.9 Å². The van der Waals surface area contributed by atoms with Crippen molar-refractivity contribution in [3.05, 3.63) is 18.0 Å². The molecule has 0 amide bonds. The molecule has 2 N–H and O–H groups in total. The molecule has 0 aliphatic rings. The highest BCUT2D eigenvalue weighted by atomic mass is 15.2. The number of aromatic nitrogens is 2. The molecule has 0 aliphatic carbocycles. The van der Waals surface area contributed by atoms with Crippen LogP contribution in [0, 0.1) is 0 Å². The van der Waals surface area contributed by atoms with Crippen molar-refractivity contribution >= 4 is 5.95 Å². The zero-order chi connectivity index (χ0) is 10.7. The molecule has 1 aromatic rings. The molecule has 78 valence electrons. The zero-order valence-electron chi connectivity index (χ0n) is 9.23. The van der Waals surface area contributed by atoms with E-state index in [-0.39, 0.29) is 12.0 Å². The Morgan fingerprint density at radius 2 is 2.00 bits per heavy atom. The van der Waals surface area contributed by atoms with Gasteiger partial charge in [0.2, 0.25) is 5.95 Å². The highest BCUT2D eigenvalue weighted by Gasteiger charge is 2.12. The minimum atomic E-state index is 0.111. The second-order valence-electron chi connectivity index (χ2n) is 3.82. The average molecular weight is 194 g/mol. The number of nitrogens with zero attached hydrogens (tertiary/aromatic N) is 3. The smallest absolute Gasteiger partial charge is 0.224 e. The van der Waals surface area contributed by atoms with Crippen LogP contribution in [-0.4, -0.2) is 30.1 Å². The van der Waals surface area contributed by atoms with Crippen LogP contribution >= 0.6 is 0 Å². The molecular formula is C10H18N4. The van der Waals surface area contributed by atoms with Crippen LogP contribution in [-0.2, 0) is 0 Å². The number of hydrogen-bond donors (Lipinski definition) is 1. The molecule has 4 nitrogen and oxygen atoms in total. The van der Waals surface area contributed by atoms with E-state index >= 15 is 0 Å². The molecule has 0 radical (unpaired) electrons. The van der Waals surface area contributed by atoms with E-state index in [0.29, 0.717) is 0 Å². The van der Waals surface area contributed by atoms with Gasteiger partial charge in [0.15, 0.2) is 0 Å². The summed E-state index contributed by atoms with van der Waals surface area (Å²) in [5.41, 5.74) is 6.82. The summed E-state index contributed by atoms with van der Waals surface area (Å²) in [4.78, 5) is 10.5. The van der Waals surface area contributed by atoms with Crippen molar-refractivity contribution in [1.82, 2.24) is 9.97 Å². The van der Waals surface area contributed by atoms with E-state index in [1.54, 1.807) is 6.20 Å². The van der Waals surface area contributed by atoms with Crippen LogP contribution < -0.4 is 10.6 Å². The first kappa shape index (κ1) is 10.9. The second kappa shape index (κ2) is 4.37. The lowest BCUT2D eigenvalue weighted by Gasteiger charge is -2.17. The van der Waals surface area contributed by atoms with Crippen LogP contribution in [0.25, 0.3) is 0 Å². The van der Waals surface area contributed by atoms with Gasteiger partial charge >= 0.3 is 0 Å². The molecule has 2 unspecified atom stereocenters. The van der Waals surface area contributed by atoms with Gasteiger partial charge in [0.05, 0.1) is 5.69 Å². The van der Waals surface area contributed by atoms with Crippen molar-refractivity contribution in [3.8, 4) is 0 Å². The summed E-state index contributed by atoms with van der Waals surface area (Å²) in [6, 6.07) is 2.03. The summed E-state index contributed by atoms with van der Waals surface area (Å²) in [5.74, 6) is 0.992. The molecule has 0 spiro atoms. The molecule has 2 atom stereocenters. The first-order valence-electron chi connectivity index (χ1n) is 4.78. The molecule has 0 fully saturated rings. The lowest BCUT2D eigenvalue weighted by atomic mass is 10.0. The Morgan fingerprint density at radius 3 is 2.50 bits per heavy atom. The van der Waals surface area contributed by atoms with Crippen LogP contribution in [0.2, 0.25) is 0 Å². The normalized spacial score (nSPS) is 14.9. The number of nitrogens with two attached hydrogens (primary N) is 1. The highest BCUT2D eigenvalue weighted by molar-refractivity contribution is 5.28. The first-order chi connectivity index (χ1) is 6.52. The molecule has 0 saturated heterocycles. The molecule has 1 heterocycles. The number of hydrogen-bond acceptors (Lipinski definition) is 4. The lowest BCUT2D eigenvalue weighted by molar-refractivity contribution is 0.596. The summed E-state index contributed by atoms with van der Waals surface area (Å²) in [7, 11) is 3.85. The fourth-order valence-corrected chi connectivity index (χ4v) is 1.10. The Bertz CT molecular complexity index is 296. The minimum Gasteiger partial charge on any atom is -0.347 e. The van der Waals surface area contributed by atoms with E-state index < -0.39 is 0 Å². The van der Waals surface area contributed by atoms with Crippen LogP contribution in [0.3, 0.4) is 0 Å². The topological polar surface area (TPSA) is 55.0 Å². The van der Waals surface area contributed by atoms with Crippen molar-refractivity contribution in [1.29, 1.82) is 0 Å². The summed E-state index contributed by atoms with van der Waals surface area (Å²) < 4.78 is 0. The van der Waals surface area contributed by atoms with Gasteiger partial charge in [-0.15, -0.1) is 0 Å². The van der Waals surface area contributed by atoms with Gasteiger partial charge in [-0.05, 0) is 13.0 Å². The van der Waals surface area contributed by atoms with E-state index in [0.717, 1.165) is 11.6 Å². The third-order valence-corrected chi connectivity index (χ3v) is 2.32. The van der Waals surface area contributed by atoms with Crippen LogP contribution in [0.15, 0.2) is 12.3 Å². The van der Waals surface area contributed by atoms with Crippen molar-refractivity contribution in [2.75, 3.05) is 19.0 Å². The Labute approximate surface area is 85.2 Å². The van der Waals surface area contributed by atoms with Gasteiger partial charge in [-0.25, -0.2) is 9.97 Å². The van der Waals surface area contributed by atoms with Crippen molar-refractivity contribution < 1.29 is 0 Å². The van der Waals surface area contributed by atoms with Gasteiger partial charge in [-0.2, -0.15) is 0 Å². The molecule has 0 aromatic carbocycles. The molecule has 1 aromatic heterocycles. The third-order valence-electron chi connectivity index (χ3n) is 2.32. The molecule has 0 aliphatic heterocycles. The SMILES string of the molecule is CC(N)C(C)c1ccnc(N(C)C)n1. The quantitative estimate of drug-likeness (QED) is 0.779. The van der Waals surface area contributed by atoms with Crippen LogP contribution in [0.5, 0.6) is 0 Å². The fraction of sp³-hybridized carbons (Fsp3) is 0.600. The van der Waals surface area contributed by atoms with E-state index in [1.807, 2.05) is 32.0 Å². The summed E-state index contributed by atoms with van der Waals surface area (Å²) in [6.07, 6.45) is 1.77. The van der Waals surface area contributed by atoms with Crippen LogP contribution in [0.4, 0.5) is 5.95 Å². The van der Waals surface area contributed by atoms with Crippen molar-refractivity contribution in [3.63, 3.8) is 0 Å². The fourth-order valence-electron chi connectivity index (χ4n) is 1.10. The second-order valence-corrected chi connectivity index (χ2v) is 3.82. The predicted molar refractivity (Wildman–Crippen MR) is 58.4 cm³/mol. The summed E-state index contributed by atoms with van der Waals surface area (Å²) in [6.45, 7) is 4.06. The van der Waals surface area contributed by atoms with Gasteiger partial charge in [-0.1, -0.05) is 6.92 Å². The first-order valence-corrected chi connectivity index (χ1v) is 4.78. The maximum absolute atomic E-state index is 5.82. The molecule has 0 bridgehead atoms. The van der Waals surface area contributed by atoms with E-state index in [9.17, 15) is 0 Å². The van der Waals surface area contributed by atoms with Gasteiger partial charge in [0, 0.05) is 32.3 Å². The standard InChI is InChI=1S/C10H18N4/c1-7(8(2)11)9-5-6-12-10(13-9)14(3)4/h5-8H,11H2,1-4H3. The predicted octanol–water partition coefficient (Wildman–Crippen LogP) is 0.993. The lowest BCUT2D eigenvalue weighted by Crippen LogP contribution is -2.24.